The third-order valence-corrected chi connectivity index (χ3v) is 3.79. The third kappa shape index (κ3) is 2.60. The molecule has 2 aromatic rings. The van der Waals surface area contributed by atoms with Crippen molar-refractivity contribution in [3.63, 3.8) is 0 Å². The van der Waals surface area contributed by atoms with Crippen molar-refractivity contribution in [3.05, 3.63) is 63.6 Å². The molecule has 18 heavy (non-hydrogen) atoms. The second-order valence-electron chi connectivity index (χ2n) is 4.13. The number of nitrogens with one attached hydrogen (secondary N) is 1. The zero-order valence-electron chi connectivity index (χ0n) is 10.2. The van der Waals surface area contributed by atoms with Crippen molar-refractivity contribution >= 4 is 15.9 Å². The van der Waals surface area contributed by atoms with Gasteiger partial charge in [-0.1, -0.05) is 28.1 Å². The number of nitrogens with zero attached hydrogens (tertiary/aromatic N) is 1. The summed E-state index contributed by atoms with van der Waals surface area (Å²) in [7, 11) is 1.82. The Hall–Kier alpha value is -1.26. The van der Waals surface area contributed by atoms with Crippen LogP contribution in [0.4, 0.5) is 4.39 Å². The minimum absolute atomic E-state index is 0.176. The summed E-state index contributed by atoms with van der Waals surface area (Å²) in [5.74, 6) is -0.298. The number of aryl methyl sites for hydroxylation is 1. The Kier molecular flexibility index (Phi) is 4.09. The van der Waals surface area contributed by atoms with E-state index in [1.54, 1.807) is 12.3 Å². The first-order chi connectivity index (χ1) is 8.63. The summed E-state index contributed by atoms with van der Waals surface area (Å²) in [5, 5.41) is 3.13. The van der Waals surface area contributed by atoms with E-state index in [9.17, 15) is 4.39 Å². The highest BCUT2D eigenvalue weighted by atomic mass is 79.9. The first-order valence-electron chi connectivity index (χ1n) is 5.66. The Morgan fingerprint density at radius 1 is 1.33 bits per heavy atom. The molecular weight excluding hydrogens is 295 g/mol. The van der Waals surface area contributed by atoms with E-state index in [2.05, 4.69) is 26.2 Å². The Morgan fingerprint density at radius 2 is 2.11 bits per heavy atom. The van der Waals surface area contributed by atoms with E-state index in [0.29, 0.717) is 5.56 Å². The van der Waals surface area contributed by atoms with Gasteiger partial charge in [0.25, 0.3) is 0 Å². The van der Waals surface area contributed by atoms with Gasteiger partial charge in [-0.25, -0.2) is 4.39 Å². The van der Waals surface area contributed by atoms with Gasteiger partial charge in [0.15, 0.2) is 0 Å². The van der Waals surface area contributed by atoms with Crippen molar-refractivity contribution in [1.82, 2.24) is 10.3 Å². The van der Waals surface area contributed by atoms with Crippen LogP contribution in [0.2, 0.25) is 0 Å². The molecule has 2 nitrogen and oxygen atoms in total. The summed E-state index contributed by atoms with van der Waals surface area (Å²) >= 11 is 3.50. The van der Waals surface area contributed by atoms with Gasteiger partial charge in [0.2, 0.25) is 0 Å². The van der Waals surface area contributed by atoms with Crippen molar-refractivity contribution in [3.8, 4) is 0 Å². The minimum atomic E-state index is -0.298. The fourth-order valence-electron chi connectivity index (χ4n) is 1.91. The molecule has 1 heterocycles. The predicted octanol–water partition coefficient (Wildman–Crippen LogP) is 3.60. The van der Waals surface area contributed by atoms with E-state index in [1.165, 1.54) is 6.20 Å². The van der Waals surface area contributed by atoms with Crippen molar-refractivity contribution in [2.45, 2.75) is 13.0 Å². The Bertz CT molecular complexity index is 557. The van der Waals surface area contributed by atoms with Crippen LogP contribution in [-0.4, -0.2) is 12.0 Å². The highest BCUT2D eigenvalue weighted by Gasteiger charge is 2.16. The maximum Gasteiger partial charge on any atom is 0.146 e. The molecule has 4 heteroatoms. The molecule has 1 N–H and O–H groups in total. The SMILES string of the molecule is CNC(c1ccc(C)c(Br)c1)c1ccncc1F. The van der Waals surface area contributed by atoms with E-state index in [4.69, 9.17) is 0 Å². The van der Waals surface area contributed by atoms with Crippen LogP contribution in [0.25, 0.3) is 0 Å². The van der Waals surface area contributed by atoms with Crippen molar-refractivity contribution in [1.29, 1.82) is 0 Å². The normalized spacial score (nSPS) is 12.4. The molecule has 1 aromatic carbocycles. The number of aromatic nitrogens is 1. The van der Waals surface area contributed by atoms with Gasteiger partial charge in [-0.2, -0.15) is 0 Å². The van der Waals surface area contributed by atoms with Crippen LogP contribution in [0.5, 0.6) is 0 Å². The van der Waals surface area contributed by atoms with E-state index in [0.717, 1.165) is 15.6 Å². The van der Waals surface area contributed by atoms with Gasteiger partial charge < -0.3 is 5.32 Å². The van der Waals surface area contributed by atoms with Gasteiger partial charge in [0, 0.05) is 16.2 Å². The molecule has 0 fully saturated rings. The number of hydrogen-bond acceptors (Lipinski definition) is 2. The molecule has 2 rings (SSSR count). The highest BCUT2D eigenvalue weighted by molar-refractivity contribution is 9.10. The van der Waals surface area contributed by atoms with Crippen LogP contribution < -0.4 is 5.32 Å². The van der Waals surface area contributed by atoms with Gasteiger partial charge in [0.05, 0.1) is 12.2 Å². The molecule has 0 amide bonds. The monoisotopic (exact) mass is 308 g/mol. The summed E-state index contributed by atoms with van der Waals surface area (Å²) in [6.45, 7) is 2.02. The Morgan fingerprint density at radius 3 is 2.72 bits per heavy atom. The molecule has 1 aromatic heterocycles. The second-order valence-corrected chi connectivity index (χ2v) is 4.98. The summed E-state index contributed by atoms with van der Waals surface area (Å²) < 4.78 is 14.8. The zero-order chi connectivity index (χ0) is 13.1. The zero-order valence-corrected chi connectivity index (χ0v) is 11.8. The molecule has 1 atom stereocenters. The lowest BCUT2D eigenvalue weighted by molar-refractivity contribution is 0.570. The fraction of sp³-hybridized carbons (Fsp3) is 0.214. The van der Waals surface area contributed by atoms with Crippen LogP contribution in [0, 0.1) is 12.7 Å². The van der Waals surface area contributed by atoms with Crippen molar-refractivity contribution < 1.29 is 4.39 Å². The molecule has 0 aliphatic rings. The van der Waals surface area contributed by atoms with Gasteiger partial charge in [-0.3, -0.25) is 4.98 Å². The number of rotatable bonds is 3. The van der Waals surface area contributed by atoms with E-state index >= 15 is 0 Å². The molecule has 0 aliphatic heterocycles. The lowest BCUT2D eigenvalue weighted by atomic mass is 9.98. The number of hydrogen-bond donors (Lipinski definition) is 1. The quantitative estimate of drug-likeness (QED) is 0.937. The molecular formula is C14H14BrFN2. The van der Waals surface area contributed by atoms with E-state index in [-0.39, 0.29) is 11.9 Å². The van der Waals surface area contributed by atoms with Crippen molar-refractivity contribution in [2.24, 2.45) is 0 Å². The molecule has 0 saturated carbocycles. The topological polar surface area (TPSA) is 24.9 Å². The molecule has 94 valence electrons. The van der Waals surface area contributed by atoms with Crippen LogP contribution in [0.15, 0.2) is 41.1 Å². The first kappa shape index (κ1) is 13.2. The maximum absolute atomic E-state index is 13.8. The predicted molar refractivity (Wildman–Crippen MR) is 74.0 cm³/mol. The highest BCUT2D eigenvalue weighted by Crippen LogP contribution is 2.27. The molecule has 1 unspecified atom stereocenters. The average Bonchev–Trinajstić information content (AvgIpc) is 2.37. The Balaban J connectivity index is 2.45. The molecule has 0 saturated heterocycles. The molecule has 0 aliphatic carbocycles. The number of halogens is 2. The number of pyridine rings is 1. The first-order valence-corrected chi connectivity index (χ1v) is 6.45. The molecule has 0 spiro atoms. The molecule has 0 bridgehead atoms. The lowest BCUT2D eigenvalue weighted by Crippen LogP contribution is -2.19. The van der Waals surface area contributed by atoms with Gasteiger partial charge in [-0.15, -0.1) is 0 Å². The summed E-state index contributed by atoms with van der Waals surface area (Å²) in [4.78, 5) is 3.77. The van der Waals surface area contributed by atoms with Gasteiger partial charge in [0.1, 0.15) is 5.82 Å². The fourth-order valence-corrected chi connectivity index (χ4v) is 2.31. The van der Waals surface area contributed by atoms with Crippen LogP contribution in [-0.2, 0) is 0 Å². The largest absolute Gasteiger partial charge is 0.309 e. The van der Waals surface area contributed by atoms with E-state index < -0.39 is 0 Å². The minimum Gasteiger partial charge on any atom is -0.309 e. The Labute approximate surface area is 114 Å². The average molecular weight is 309 g/mol. The van der Waals surface area contributed by atoms with E-state index in [1.807, 2.05) is 32.2 Å². The summed E-state index contributed by atoms with van der Waals surface area (Å²) in [5.41, 5.74) is 2.77. The standard InChI is InChI=1S/C14H14BrFN2/c1-9-3-4-10(7-12(9)15)14(17-2)11-5-6-18-8-13(11)16/h3-8,14,17H,1-2H3. The van der Waals surface area contributed by atoms with Crippen LogP contribution in [0.1, 0.15) is 22.7 Å². The smallest absolute Gasteiger partial charge is 0.146 e. The van der Waals surface area contributed by atoms with Crippen molar-refractivity contribution in [2.75, 3.05) is 7.05 Å². The summed E-state index contributed by atoms with van der Waals surface area (Å²) in [6, 6.07) is 7.55. The maximum atomic E-state index is 13.8. The van der Waals surface area contributed by atoms with Gasteiger partial charge >= 0.3 is 0 Å². The van der Waals surface area contributed by atoms with Crippen LogP contribution >= 0.6 is 15.9 Å². The summed E-state index contributed by atoms with van der Waals surface area (Å²) in [6.07, 6.45) is 2.84. The lowest BCUT2D eigenvalue weighted by Gasteiger charge is -2.18. The number of benzene rings is 1. The molecule has 0 radical (unpaired) electrons. The third-order valence-electron chi connectivity index (χ3n) is 2.93. The van der Waals surface area contributed by atoms with Gasteiger partial charge in [-0.05, 0) is 37.2 Å². The second kappa shape index (κ2) is 5.59. The van der Waals surface area contributed by atoms with Crippen LogP contribution in [0.3, 0.4) is 0 Å².